The van der Waals surface area contributed by atoms with Crippen LogP contribution < -0.4 is 5.32 Å². The van der Waals surface area contributed by atoms with Crippen LogP contribution in [0, 0.1) is 5.92 Å². The van der Waals surface area contributed by atoms with Gasteiger partial charge in [-0.25, -0.2) is 9.78 Å². The summed E-state index contributed by atoms with van der Waals surface area (Å²) in [5.74, 6) is 0.718. The number of carbonyl (C=O) groups is 1. The van der Waals surface area contributed by atoms with Crippen molar-refractivity contribution in [3.63, 3.8) is 0 Å². The number of carboxylic acids is 1. The molecule has 5 heteroatoms. The Labute approximate surface area is 111 Å². The van der Waals surface area contributed by atoms with Gasteiger partial charge in [-0.1, -0.05) is 0 Å². The van der Waals surface area contributed by atoms with Crippen molar-refractivity contribution in [2.24, 2.45) is 5.92 Å². The number of aromatic amines is 1. The summed E-state index contributed by atoms with van der Waals surface area (Å²) >= 11 is 0. The van der Waals surface area contributed by atoms with Gasteiger partial charge in [0.05, 0.1) is 16.6 Å². The third kappa shape index (κ3) is 2.61. The number of hydrogen-bond acceptors (Lipinski definition) is 3. The number of H-pyrrole nitrogens is 1. The zero-order chi connectivity index (χ0) is 13.2. The number of aromatic nitrogens is 2. The molecule has 0 saturated carbocycles. The summed E-state index contributed by atoms with van der Waals surface area (Å²) in [4.78, 5) is 18.7. The van der Waals surface area contributed by atoms with Gasteiger partial charge in [0.1, 0.15) is 5.82 Å². The van der Waals surface area contributed by atoms with Gasteiger partial charge in [0, 0.05) is 6.42 Å². The number of aromatic carboxylic acids is 1. The number of hydrogen-bond donors (Lipinski definition) is 3. The monoisotopic (exact) mass is 259 g/mol. The van der Waals surface area contributed by atoms with E-state index in [2.05, 4.69) is 15.3 Å². The predicted octanol–water partition coefficient (Wildman–Crippen LogP) is 1.80. The van der Waals surface area contributed by atoms with Crippen molar-refractivity contribution >= 4 is 17.0 Å². The lowest BCUT2D eigenvalue weighted by atomic mass is 9.94. The van der Waals surface area contributed by atoms with Gasteiger partial charge < -0.3 is 15.4 Å². The van der Waals surface area contributed by atoms with E-state index >= 15 is 0 Å². The molecule has 0 amide bonds. The van der Waals surface area contributed by atoms with Crippen LogP contribution in [0.15, 0.2) is 18.2 Å². The molecule has 2 heterocycles. The molecule has 19 heavy (non-hydrogen) atoms. The minimum atomic E-state index is -0.912. The molecule has 5 nitrogen and oxygen atoms in total. The quantitative estimate of drug-likeness (QED) is 0.785. The van der Waals surface area contributed by atoms with Crippen molar-refractivity contribution in [3.05, 3.63) is 29.6 Å². The van der Waals surface area contributed by atoms with Crippen LogP contribution in [0.25, 0.3) is 11.0 Å². The molecule has 3 rings (SSSR count). The molecule has 100 valence electrons. The molecule has 0 unspecified atom stereocenters. The topological polar surface area (TPSA) is 78.0 Å². The highest BCUT2D eigenvalue weighted by atomic mass is 16.4. The summed E-state index contributed by atoms with van der Waals surface area (Å²) in [6, 6.07) is 5.02. The second kappa shape index (κ2) is 5.01. The Morgan fingerprint density at radius 2 is 2.16 bits per heavy atom. The maximum Gasteiger partial charge on any atom is 0.335 e. The number of piperidine rings is 1. The van der Waals surface area contributed by atoms with Crippen molar-refractivity contribution in [1.29, 1.82) is 0 Å². The molecule has 0 atom stereocenters. The first-order valence-electron chi connectivity index (χ1n) is 6.65. The average Bonchev–Trinajstić information content (AvgIpc) is 2.80. The van der Waals surface area contributed by atoms with E-state index in [4.69, 9.17) is 5.11 Å². The molecule has 2 aromatic rings. The predicted molar refractivity (Wildman–Crippen MR) is 72.4 cm³/mol. The van der Waals surface area contributed by atoms with E-state index in [-0.39, 0.29) is 5.56 Å². The van der Waals surface area contributed by atoms with Crippen LogP contribution in [-0.4, -0.2) is 34.1 Å². The van der Waals surface area contributed by atoms with Crippen molar-refractivity contribution < 1.29 is 9.90 Å². The molecule has 1 aromatic carbocycles. The SMILES string of the molecule is O=C(O)c1ccc2[nH]c(CC3CCNCC3)nc2c1. The maximum atomic E-state index is 10.9. The third-order valence-electron chi connectivity index (χ3n) is 3.72. The standard InChI is InChI=1S/C14H17N3O2/c18-14(19)10-1-2-11-12(8-10)17-13(16-11)7-9-3-5-15-6-4-9/h1-2,8-9,15H,3-7H2,(H,16,17)(H,18,19). The van der Waals surface area contributed by atoms with Gasteiger partial charge in [-0.15, -0.1) is 0 Å². The zero-order valence-electron chi connectivity index (χ0n) is 10.6. The molecule has 1 aliphatic rings. The van der Waals surface area contributed by atoms with Gasteiger partial charge in [0.25, 0.3) is 0 Å². The van der Waals surface area contributed by atoms with Crippen LogP contribution in [0.1, 0.15) is 29.0 Å². The normalized spacial score (nSPS) is 16.8. The van der Waals surface area contributed by atoms with E-state index in [1.807, 2.05) is 0 Å². The summed E-state index contributed by atoms with van der Waals surface area (Å²) in [5, 5.41) is 12.3. The molecule has 0 radical (unpaired) electrons. The Kier molecular flexibility index (Phi) is 3.21. The van der Waals surface area contributed by atoms with E-state index in [1.54, 1.807) is 18.2 Å². The van der Waals surface area contributed by atoms with Gasteiger partial charge in [0.15, 0.2) is 0 Å². The van der Waals surface area contributed by atoms with Gasteiger partial charge in [-0.2, -0.15) is 0 Å². The van der Waals surface area contributed by atoms with E-state index in [1.165, 1.54) is 12.8 Å². The lowest BCUT2D eigenvalue weighted by Crippen LogP contribution is -2.28. The van der Waals surface area contributed by atoms with Crippen LogP contribution >= 0.6 is 0 Å². The van der Waals surface area contributed by atoms with Crippen molar-refractivity contribution in [2.45, 2.75) is 19.3 Å². The zero-order valence-corrected chi connectivity index (χ0v) is 10.6. The van der Waals surface area contributed by atoms with Crippen LogP contribution in [0.5, 0.6) is 0 Å². The fourth-order valence-corrected chi connectivity index (χ4v) is 2.65. The Bertz CT molecular complexity index is 600. The first-order valence-corrected chi connectivity index (χ1v) is 6.65. The van der Waals surface area contributed by atoms with Crippen LogP contribution in [0.2, 0.25) is 0 Å². The molecule has 0 spiro atoms. The summed E-state index contributed by atoms with van der Waals surface area (Å²) < 4.78 is 0. The number of nitrogens with zero attached hydrogens (tertiary/aromatic N) is 1. The van der Waals surface area contributed by atoms with Gasteiger partial charge in [-0.3, -0.25) is 0 Å². The summed E-state index contributed by atoms with van der Waals surface area (Å²) in [5.41, 5.74) is 1.94. The fourth-order valence-electron chi connectivity index (χ4n) is 2.65. The van der Waals surface area contributed by atoms with E-state index in [9.17, 15) is 4.79 Å². The second-order valence-electron chi connectivity index (χ2n) is 5.12. The highest BCUT2D eigenvalue weighted by molar-refractivity contribution is 5.92. The van der Waals surface area contributed by atoms with Crippen LogP contribution in [0.4, 0.5) is 0 Å². The molecular formula is C14H17N3O2. The number of fused-ring (bicyclic) bond motifs is 1. The molecule has 3 N–H and O–H groups in total. The molecule has 0 bridgehead atoms. The Balaban J connectivity index is 1.82. The van der Waals surface area contributed by atoms with Gasteiger partial charge in [0.2, 0.25) is 0 Å². The smallest absolute Gasteiger partial charge is 0.335 e. The lowest BCUT2D eigenvalue weighted by molar-refractivity contribution is 0.0697. The summed E-state index contributed by atoms with van der Waals surface area (Å²) in [6.07, 6.45) is 3.30. The average molecular weight is 259 g/mol. The summed E-state index contributed by atoms with van der Waals surface area (Å²) in [7, 11) is 0. The fraction of sp³-hybridized carbons (Fsp3) is 0.429. The first kappa shape index (κ1) is 12.2. The largest absolute Gasteiger partial charge is 0.478 e. The number of benzene rings is 1. The molecular weight excluding hydrogens is 242 g/mol. The minimum Gasteiger partial charge on any atom is -0.478 e. The van der Waals surface area contributed by atoms with Gasteiger partial charge in [-0.05, 0) is 50.0 Å². The maximum absolute atomic E-state index is 10.9. The number of nitrogens with one attached hydrogen (secondary N) is 2. The molecule has 1 aromatic heterocycles. The van der Waals surface area contributed by atoms with Gasteiger partial charge >= 0.3 is 5.97 Å². The summed E-state index contributed by atoms with van der Waals surface area (Å²) in [6.45, 7) is 2.15. The van der Waals surface area contributed by atoms with E-state index in [0.717, 1.165) is 36.4 Å². The lowest BCUT2D eigenvalue weighted by Gasteiger charge is -2.21. The van der Waals surface area contributed by atoms with Crippen LogP contribution in [0.3, 0.4) is 0 Å². The molecule has 1 saturated heterocycles. The number of imidazole rings is 1. The highest BCUT2D eigenvalue weighted by Gasteiger charge is 2.16. The Morgan fingerprint density at radius 1 is 1.37 bits per heavy atom. The Morgan fingerprint density at radius 3 is 2.89 bits per heavy atom. The van der Waals surface area contributed by atoms with E-state index < -0.39 is 5.97 Å². The number of carboxylic acid groups (broad SMARTS) is 1. The van der Waals surface area contributed by atoms with E-state index in [0.29, 0.717) is 5.92 Å². The number of rotatable bonds is 3. The molecule has 1 fully saturated rings. The van der Waals surface area contributed by atoms with Crippen molar-refractivity contribution in [1.82, 2.24) is 15.3 Å². The Hall–Kier alpha value is -1.88. The molecule has 0 aliphatic carbocycles. The van der Waals surface area contributed by atoms with Crippen molar-refractivity contribution in [2.75, 3.05) is 13.1 Å². The van der Waals surface area contributed by atoms with Crippen molar-refractivity contribution in [3.8, 4) is 0 Å². The van der Waals surface area contributed by atoms with Crippen LogP contribution in [-0.2, 0) is 6.42 Å². The first-order chi connectivity index (χ1) is 9.22. The minimum absolute atomic E-state index is 0.285. The highest BCUT2D eigenvalue weighted by Crippen LogP contribution is 2.19. The molecule has 1 aliphatic heterocycles. The third-order valence-corrected chi connectivity index (χ3v) is 3.72. The second-order valence-corrected chi connectivity index (χ2v) is 5.12.